The number of benzene rings is 1. The van der Waals surface area contributed by atoms with E-state index in [1.54, 1.807) is 12.1 Å². The van der Waals surface area contributed by atoms with Crippen LogP contribution in [-0.2, 0) is 0 Å². The van der Waals surface area contributed by atoms with Crippen LogP contribution in [0.15, 0.2) is 28.8 Å². The minimum atomic E-state index is -0.613. The monoisotopic (exact) mass is 335 g/mol. The van der Waals surface area contributed by atoms with E-state index in [-0.39, 0.29) is 18.3 Å². The number of aliphatic hydroxyl groups is 1. The first kappa shape index (κ1) is 16.9. The molecule has 24 heavy (non-hydrogen) atoms. The molecular formula is C17H22FN3O3. The van der Waals surface area contributed by atoms with Crippen LogP contribution < -0.4 is 4.74 Å². The summed E-state index contributed by atoms with van der Waals surface area (Å²) < 4.78 is 23.6. The van der Waals surface area contributed by atoms with Gasteiger partial charge in [-0.2, -0.15) is 4.98 Å². The second-order valence-corrected chi connectivity index (χ2v) is 6.20. The summed E-state index contributed by atoms with van der Waals surface area (Å²) in [5.41, 5.74) is 0. The number of halogens is 1. The summed E-state index contributed by atoms with van der Waals surface area (Å²) >= 11 is 0. The number of β-amino-alcohol motifs (C(OH)–C–C–N with tert-alkyl or cyclic N) is 1. The second kappa shape index (κ2) is 7.72. The van der Waals surface area contributed by atoms with Crippen molar-refractivity contribution < 1.29 is 18.8 Å². The molecular weight excluding hydrogens is 313 g/mol. The Labute approximate surface area is 140 Å². The van der Waals surface area contributed by atoms with Gasteiger partial charge in [-0.1, -0.05) is 5.16 Å². The lowest BCUT2D eigenvalue weighted by atomic mass is 9.98. The molecule has 0 radical (unpaired) electrons. The van der Waals surface area contributed by atoms with Crippen LogP contribution in [-0.4, -0.2) is 52.5 Å². The molecule has 6 nitrogen and oxygen atoms in total. The van der Waals surface area contributed by atoms with Gasteiger partial charge in [-0.3, -0.25) is 4.90 Å². The lowest BCUT2D eigenvalue weighted by Crippen LogP contribution is -2.41. The van der Waals surface area contributed by atoms with Gasteiger partial charge in [0, 0.05) is 13.1 Å². The highest BCUT2D eigenvalue weighted by Gasteiger charge is 2.26. The molecule has 7 heteroatoms. The summed E-state index contributed by atoms with van der Waals surface area (Å²) in [5.74, 6) is 1.78. The first-order chi connectivity index (χ1) is 11.6. The van der Waals surface area contributed by atoms with Crippen molar-refractivity contribution in [3.63, 3.8) is 0 Å². The van der Waals surface area contributed by atoms with Crippen molar-refractivity contribution in [3.8, 4) is 5.75 Å². The van der Waals surface area contributed by atoms with Crippen LogP contribution in [0.2, 0.25) is 0 Å². The molecule has 1 aromatic heterocycles. The van der Waals surface area contributed by atoms with E-state index >= 15 is 0 Å². The van der Waals surface area contributed by atoms with Crippen LogP contribution >= 0.6 is 0 Å². The first-order valence-corrected chi connectivity index (χ1v) is 8.19. The SMILES string of the molecule is Cc1noc([C@@H]2CCCN(C[C@@H](O)COc3ccc(F)cc3)C2)n1. The summed E-state index contributed by atoms with van der Waals surface area (Å²) in [6.07, 6.45) is 1.43. The van der Waals surface area contributed by atoms with E-state index in [4.69, 9.17) is 9.26 Å². The minimum absolute atomic E-state index is 0.173. The number of likely N-dealkylation sites (tertiary alicyclic amines) is 1. The Morgan fingerprint density at radius 3 is 2.92 bits per heavy atom. The van der Waals surface area contributed by atoms with Gasteiger partial charge in [-0.15, -0.1) is 0 Å². The van der Waals surface area contributed by atoms with Crippen LogP contribution in [0.5, 0.6) is 5.75 Å². The molecule has 0 saturated carbocycles. The number of aryl methyl sites for hydroxylation is 1. The van der Waals surface area contributed by atoms with E-state index in [9.17, 15) is 9.50 Å². The standard InChI is InChI=1S/C17H22FN3O3/c1-12-19-17(24-20-12)13-3-2-8-21(9-13)10-15(22)11-23-16-6-4-14(18)5-7-16/h4-7,13,15,22H,2-3,8-11H2,1H3/t13-,15-/m1/s1. The predicted octanol–water partition coefficient (Wildman–Crippen LogP) is 2.14. The molecule has 1 aliphatic heterocycles. The van der Waals surface area contributed by atoms with Gasteiger partial charge in [0.1, 0.15) is 24.3 Å². The zero-order valence-electron chi connectivity index (χ0n) is 13.7. The number of rotatable bonds is 6. The Hall–Kier alpha value is -1.99. The van der Waals surface area contributed by atoms with Gasteiger partial charge in [-0.25, -0.2) is 4.39 Å². The molecule has 1 fully saturated rings. The van der Waals surface area contributed by atoms with Gasteiger partial charge in [0.25, 0.3) is 0 Å². The summed E-state index contributed by atoms with van der Waals surface area (Å²) in [5, 5.41) is 14.0. The Morgan fingerprint density at radius 2 is 2.21 bits per heavy atom. The van der Waals surface area contributed by atoms with Crippen LogP contribution in [0.1, 0.15) is 30.5 Å². The smallest absolute Gasteiger partial charge is 0.231 e. The molecule has 1 aromatic carbocycles. The summed E-state index contributed by atoms with van der Waals surface area (Å²) in [6.45, 7) is 4.22. The zero-order valence-corrected chi connectivity index (χ0v) is 13.7. The lowest BCUT2D eigenvalue weighted by molar-refractivity contribution is 0.0561. The highest BCUT2D eigenvalue weighted by atomic mass is 19.1. The van der Waals surface area contributed by atoms with Gasteiger partial charge >= 0.3 is 0 Å². The maximum absolute atomic E-state index is 12.8. The third-order valence-electron chi connectivity index (χ3n) is 4.12. The van der Waals surface area contributed by atoms with E-state index in [1.165, 1.54) is 12.1 Å². The van der Waals surface area contributed by atoms with E-state index in [0.717, 1.165) is 25.9 Å². The van der Waals surface area contributed by atoms with E-state index in [0.29, 0.717) is 24.0 Å². The number of aliphatic hydroxyl groups excluding tert-OH is 1. The topological polar surface area (TPSA) is 71.6 Å². The van der Waals surface area contributed by atoms with Gasteiger partial charge in [0.05, 0.1) is 5.92 Å². The maximum Gasteiger partial charge on any atom is 0.231 e. The predicted molar refractivity (Wildman–Crippen MR) is 85.4 cm³/mol. The molecule has 0 spiro atoms. The molecule has 2 heterocycles. The van der Waals surface area contributed by atoms with Crippen molar-refractivity contribution in [2.45, 2.75) is 31.8 Å². The average molecular weight is 335 g/mol. The molecule has 2 aromatic rings. The van der Waals surface area contributed by atoms with Crippen molar-refractivity contribution in [1.82, 2.24) is 15.0 Å². The third-order valence-corrected chi connectivity index (χ3v) is 4.12. The van der Waals surface area contributed by atoms with Gasteiger partial charge in [0.2, 0.25) is 5.89 Å². The van der Waals surface area contributed by atoms with Crippen molar-refractivity contribution in [1.29, 1.82) is 0 Å². The number of hydrogen-bond donors (Lipinski definition) is 1. The zero-order chi connectivity index (χ0) is 16.9. The molecule has 0 aliphatic carbocycles. The molecule has 0 unspecified atom stereocenters. The first-order valence-electron chi connectivity index (χ1n) is 8.19. The van der Waals surface area contributed by atoms with E-state index in [2.05, 4.69) is 15.0 Å². The lowest BCUT2D eigenvalue weighted by Gasteiger charge is -2.32. The van der Waals surface area contributed by atoms with Gasteiger partial charge in [0.15, 0.2) is 5.82 Å². The van der Waals surface area contributed by atoms with Crippen molar-refractivity contribution in [2.75, 3.05) is 26.2 Å². The molecule has 2 atom stereocenters. The normalized spacial score (nSPS) is 20.0. The van der Waals surface area contributed by atoms with Crippen LogP contribution in [0, 0.1) is 12.7 Å². The average Bonchev–Trinajstić information content (AvgIpc) is 3.01. The van der Waals surface area contributed by atoms with Crippen LogP contribution in [0.4, 0.5) is 4.39 Å². The highest BCUT2D eigenvalue weighted by molar-refractivity contribution is 5.22. The molecule has 3 rings (SSSR count). The van der Waals surface area contributed by atoms with Crippen molar-refractivity contribution >= 4 is 0 Å². The summed E-state index contributed by atoms with van der Waals surface area (Å²) in [6, 6.07) is 5.78. The highest BCUT2D eigenvalue weighted by Crippen LogP contribution is 2.25. The number of hydrogen-bond acceptors (Lipinski definition) is 6. The van der Waals surface area contributed by atoms with Crippen molar-refractivity contribution in [3.05, 3.63) is 41.8 Å². The maximum atomic E-state index is 12.8. The summed E-state index contributed by atoms with van der Waals surface area (Å²) in [4.78, 5) is 6.50. The number of aromatic nitrogens is 2. The van der Waals surface area contributed by atoms with Crippen LogP contribution in [0.3, 0.4) is 0 Å². The summed E-state index contributed by atoms with van der Waals surface area (Å²) in [7, 11) is 0. The fraction of sp³-hybridized carbons (Fsp3) is 0.529. The minimum Gasteiger partial charge on any atom is -0.491 e. The van der Waals surface area contributed by atoms with Crippen LogP contribution in [0.25, 0.3) is 0 Å². The van der Waals surface area contributed by atoms with Gasteiger partial charge in [-0.05, 0) is 50.6 Å². The molecule has 130 valence electrons. The third kappa shape index (κ3) is 4.52. The molecule has 0 amide bonds. The molecule has 1 saturated heterocycles. The van der Waals surface area contributed by atoms with Gasteiger partial charge < -0.3 is 14.4 Å². The molecule has 1 N–H and O–H groups in total. The fourth-order valence-electron chi connectivity index (χ4n) is 2.98. The second-order valence-electron chi connectivity index (χ2n) is 6.20. The molecule has 1 aliphatic rings. The Bertz CT molecular complexity index is 647. The number of piperidine rings is 1. The number of ether oxygens (including phenoxy) is 1. The van der Waals surface area contributed by atoms with Crippen molar-refractivity contribution in [2.24, 2.45) is 0 Å². The number of nitrogens with zero attached hydrogens (tertiary/aromatic N) is 3. The fourth-order valence-corrected chi connectivity index (χ4v) is 2.98. The quantitative estimate of drug-likeness (QED) is 0.872. The Balaban J connectivity index is 1.47. The largest absolute Gasteiger partial charge is 0.491 e. The Morgan fingerprint density at radius 1 is 1.42 bits per heavy atom. The van der Waals surface area contributed by atoms with E-state index < -0.39 is 6.10 Å². The van der Waals surface area contributed by atoms with E-state index in [1.807, 2.05) is 6.92 Å². The Kier molecular flexibility index (Phi) is 5.42. The molecule has 0 bridgehead atoms.